The van der Waals surface area contributed by atoms with E-state index in [9.17, 15) is 0 Å². The summed E-state index contributed by atoms with van der Waals surface area (Å²) in [6, 6.07) is 5.39. The fraction of sp³-hybridized carbons (Fsp3) is 0. The Morgan fingerprint density at radius 2 is 2.00 bits per heavy atom. The van der Waals surface area contributed by atoms with Crippen LogP contribution < -0.4 is 5.73 Å². The van der Waals surface area contributed by atoms with E-state index in [0.29, 0.717) is 15.9 Å². The van der Waals surface area contributed by atoms with Crippen molar-refractivity contribution < 1.29 is 0 Å². The number of thiazole rings is 1. The van der Waals surface area contributed by atoms with Gasteiger partial charge in [-0.3, -0.25) is 0 Å². The molecule has 1 aromatic heterocycles. The van der Waals surface area contributed by atoms with E-state index < -0.39 is 0 Å². The summed E-state index contributed by atoms with van der Waals surface area (Å²) in [5.41, 5.74) is 6.46. The number of anilines is 1. The smallest absolute Gasteiger partial charge is 0.135 e. The summed E-state index contributed by atoms with van der Waals surface area (Å²) in [5.74, 6) is 0.524. The molecule has 1 aromatic carbocycles. The molecular weight excluding hydrogens is 239 g/mol. The number of nitrogens with zero attached hydrogens (tertiary/aromatic N) is 1. The third-order valence-electron chi connectivity index (χ3n) is 1.69. The maximum absolute atomic E-state index is 5.88. The molecule has 0 bridgehead atoms. The molecule has 0 aliphatic heterocycles. The first-order chi connectivity index (χ1) is 6.66. The van der Waals surface area contributed by atoms with Gasteiger partial charge in [-0.1, -0.05) is 29.3 Å². The van der Waals surface area contributed by atoms with Gasteiger partial charge in [0.05, 0.1) is 10.0 Å². The number of rotatable bonds is 1. The van der Waals surface area contributed by atoms with E-state index in [1.165, 1.54) is 11.3 Å². The van der Waals surface area contributed by atoms with Gasteiger partial charge in [0, 0.05) is 10.9 Å². The van der Waals surface area contributed by atoms with Gasteiger partial charge < -0.3 is 5.73 Å². The number of halogens is 2. The molecule has 2 aromatic rings. The third kappa shape index (κ3) is 1.85. The molecule has 0 radical (unpaired) electrons. The van der Waals surface area contributed by atoms with Gasteiger partial charge in [-0.15, -0.1) is 11.3 Å². The van der Waals surface area contributed by atoms with Crippen LogP contribution >= 0.6 is 34.5 Å². The Bertz CT molecular complexity index is 468. The second kappa shape index (κ2) is 3.77. The molecule has 1 heterocycles. The van der Waals surface area contributed by atoms with Gasteiger partial charge in [-0.25, -0.2) is 4.98 Å². The molecular formula is C9H6Cl2N2S. The molecule has 2 rings (SSSR count). The molecule has 0 atom stereocenters. The van der Waals surface area contributed by atoms with Gasteiger partial charge >= 0.3 is 0 Å². The molecule has 2 nitrogen and oxygen atoms in total. The minimum absolute atomic E-state index is 0.524. The quantitative estimate of drug-likeness (QED) is 0.831. The van der Waals surface area contributed by atoms with Crippen molar-refractivity contribution in [2.45, 2.75) is 0 Å². The standard InChI is InChI=1S/C9H6Cl2N2S/c10-6-2-1-5(3-7(6)11)9-13-8(12)4-14-9/h1-4H,12H2. The summed E-state index contributed by atoms with van der Waals surface area (Å²) in [6.07, 6.45) is 0. The van der Waals surface area contributed by atoms with Gasteiger partial charge in [0.1, 0.15) is 10.8 Å². The van der Waals surface area contributed by atoms with Gasteiger partial charge in [-0.2, -0.15) is 0 Å². The highest BCUT2D eigenvalue weighted by Crippen LogP contribution is 2.30. The Morgan fingerprint density at radius 3 is 2.57 bits per heavy atom. The largest absolute Gasteiger partial charge is 0.383 e. The predicted octanol–water partition coefficient (Wildman–Crippen LogP) is 3.70. The molecule has 0 amide bonds. The minimum atomic E-state index is 0.524. The van der Waals surface area contributed by atoms with Crippen molar-refractivity contribution in [1.29, 1.82) is 0 Å². The molecule has 0 saturated heterocycles. The average molecular weight is 245 g/mol. The zero-order valence-corrected chi connectivity index (χ0v) is 9.33. The van der Waals surface area contributed by atoms with E-state index in [-0.39, 0.29) is 0 Å². The number of nitrogen functional groups attached to an aromatic ring is 1. The summed E-state index contributed by atoms with van der Waals surface area (Å²) in [4.78, 5) is 4.15. The maximum atomic E-state index is 5.88. The van der Waals surface area contributed by atoms with Crippen molar-refractivity contribution in [3.05, 3.63) is 33.6 Å². The van der Waals surface area contributed by atoms with Crippen LogP contribution in [-0.4, -0.2) is 4.98 Å². The molecule has 0 aliphatic rings. The number of hydrogen-bond donors (Lipinski definition) is 1. The second-order valence-corrected chi connectivity index (χ2v) is 4.38. The highest BCUT2D eigenvalue weighted by atomic mass is 35.5. The van der Waals surface area contributed by atoms with Crippen LogP contribution in [0.2, 0.25) is 10.0 Å². The van der Waals surface area contributed by atoms with E-state index in [2.05, 4.69) is 4.98 Å². The Hall–Kier alpha value is -0.770. The first-order valence-electron chi connectivity index (χ1n) is 3.83. The Labute approximate surface area is 95.3 Å². The number of benzene rings is 1. The molecule has 0 spiro atoms. The van der Waals surface area contributed by atoms with E-state index in [0.717, 1.165) is 10.6 Å². The van der Waals surface area contributed by atoms with Crippen LogP contribution in [0.3, 0.4) is 0 Å². The average Bonchev–Trinajstić information content (AvgIpc) is 2.57. The molecule has 72 valence electrons. The lowest BCUT2D eigenvalue weighted by molar-refractivity contribution is 1.42. The third-order valence-corrected chi connectivity index (χ3v) is 3.34. The Balaban J connectivity index is 2.47. The summed E-state index contributed by atoms with van der Waals surface area (Å²) in [6.45, 7) is 0. The van der Waals surface area contributed by atoms with Gasteiger partial charge in [0.2, 0.25) is 0 Å². The predicted molar refractivity (Wildman–Crippen MR) is 62.0 cm³/mol. The minimum Gasteiger partial charge on any atom is -0.383 e. The summed E-state index contributed by atoms with van der Waals surface area (Å²) < 4.78 is 0. The van der Waals surface area contributed by atoms with Crippen molar-refractivity contribution in [3.63, 3.8) is 0 Å². The zero-order chi connectivity index (χ0) is 10.1. The highest BCUT2D eigenvalue weighted by molar-refractivity contribution is 7.13. The molecule has 5 heteroatoms. The lowest BCUT2D eigenvalue weighted by Crippen LogP contribution is -1.83. The zero-order valence-electron chi connectivity index (χ0n) is 7.00. The topological polar surface area (TPSA) is 38.9 Å². The van der Waals surface area contributed by atoms with E-state index in [1.807, 2.05) is 6.07 Å². The Kier molecular flexibility index (Phi) is 2.63. The van der Waals surface area contributed by atoms with Crippen LogP contribution in [0.1, 0.15) is 0 Å². The number of aromatic nitrogens is 1. The normalized spacial score (nSPS) is 10.4. The maximum Gasteiger partial charge on any atom is 0.135 e. The number of hydrogen-bond acceptors (Lipinski definition) is 3. The summed E-state index contributed by atoms with van der Waals surface area (Å²) >= 11 is 13.2. The van der Waals surface area contributed by atoms with E-state index in [1.54, 1.807) is 17.5 Å². The van der Waals surface area contributed by atoms with Crippen LogP contribution in [0.5, 0.6) is 0 Å². The van der Waals surface area contributed by atoms with Crippen LogP contribution in [0.4, 0.5) is 5.82 Å². The van der Waals surface area contributed by atoms with Crippen LogP contribution in [0.25, 0.3) is 10.6 Å². The molecule has 0 unspecified atom stereocenters. The molecule has 0 aliphatic carbocycles. The van der Waals surface area contributed by atoms with Crippen LogP contribution in [0, 0.1) is 0 Å². The van der Waals surface area contributed by atoms with Crippen LogP contribution in [-0.2, 0) is 0 Å². The fourth-order valence-electron chi connectivity index (χ4n) is 1.05. The van der Waals surface area contributed by atoms with Gasteiger partial charge in [0.25, 0.3) is 0 Å². The van der Waals surface area contributed by atoms with E-state index in [4.69, 9.17) is 28.9 Å². The van der Waals surface area contributed by atoms with E-state index >= 15 is 0 Å². The fourth-order valence-corrected chi connectivity index (χ4v) is 2.05. The molecule has 2 N–H and O–H groups in total. The highest BCUT2D eigenvalue weighted by Gasteiger charge is 2.05. The SMILES string of the molecule is Nc1csc(-c2ccc(Cl)c(Cl)c2)n1. The van der Waals surface area contributed by atoms with Crippen molar-refractivity contribution in [1.82, 2.24) is 4.98 Å². The molecule has 0 fully saturated rings. The molecule has 14 heavy (non-hydrogen) atoms. The number of nitrogens with two attached hydrogens (primary N) is 1. The first kappa shape index (κ1) is 9.77. The first-order valence-corrected chi connectivity index (χ1v) is 5.47. The lowest BCUT2D eigenvalue weighted by atomic mass is 10.2. The van der Waals surface area contributed by atoms with Crippen molar-refractivity contribution >= 4 is 40.4 Å². The van der Waals surface area contributed by atoms with Crippen molar-refractivity contribution in [2.24, 2.45) is 0 Å². The monoisotopic (exact) mass is 244 g/mol. The van der Waals surface area contributed by atoms with Crippen molar-refractivity contribution in [2.75, 3.05) is 5.73 Å². The van der Waals surface area contributed by atoms with Crippen LogP contribution in [0.15, 0.2) is 23.6 Å². The second-order valence-electron chi connectivity index (χ2n) is 2.71. The van der Waals surface area contributed by atoms with Gasteiger partial charge in [-0.05, 0) is 12.1 Å². The lowest BCUT2D eigenvalue weighted by Gasteiger charge is -1.98. The van der Waals surface area contributed by atoms with Gasteiger partial charge in [0.15, 0.2) is 0 Å². The van der Waals surface area contributed by atoms with Crippen molar-refractivity contribution in [3.8, 4) is 10.6 Å². The summed E-state index contributed by atoms with van der Waals surface area (Å²) in [5, 5.41) is 3.71. The summed E-state index contributed by atoms with van der Waals surface area (Å²) in [7, 11) is 0. The Morgan fingerprint density at radius 1 is 1.21 bits per heavy atom. The molecule has 0 saturated carbocycles.